The van der Waals surface area contributed by atoms with Gasteiger partial charge in [-0.2, -0.15) is 0 Å². The highest BCUT2D eigenvalue weighted by molar-refractivity contribution is 5.82. The highest BCUT2D eigenvalue weighted by Gasteiger charge is 2.45. The number of fused-ring (bicyclic) bond motifs is 1. The Labute approximate surface area is 102 Å². The van der Waals surface area contributed by atoms with Gasteiger partial charge in [-0.1, -0.05) is 5.57 Å². The molecule has 17 heavy (non-hydrogen) atoms. The Morgan fingerprint density at radius 1 is 1.41 bits per heavy atom. The van der Waals surface area contributed by atoms with Crippen LogP contribution in [0.1, 0.15) is 26.7 Å². The number of esters is 1. The Balaban J connectivity index is 1.97. The third kappa shape index (κ3) is 2.69. The maximum Gasteiger partial charge on any atom is 0.331 e. The van der Waals surface area contributed by atoms with Crippen molar-refractivity contribution in [1.82, 2.24) is 4.90 Å². The number of ether oxygens (including phenoxy) is 1. The second-order valence-electron chi connectivity index (χ2n) is 5.24. The van der Waals surface area contributed by atoms with E-state index in [0.29, 0.717) is 0 Å². The third-order valence-electron chi connectivity index (χ3n) is 3.68. The molecule has 2 aliphatic heterocycles. The Kier molecular flexibility index (Phi) is 3.84. The molecule has 2 heterocycles. The number of rotatable bonds is 3. The standard InChI is InChI=1S/C13H21NO3/c1-9(2)7-12(16)17-11-4-6-14-5-3-10(8-15)13(11)14/h7,10-11,13,15H,3-6,8H2,1-2H3/t10-,11+,13+/m0/s1. The van der Waals surface area contributed by atoms with Crippen LogP contribution in [-0.2, 0) is 9.53 Å². The molecule has 2 rings (SSSR count). The second kappa shape index (κ2) is 5.19. The quantitative estimate of drug-likeness (QED) is 0.588. The van der Waals surface area contributed by atoms with E-state index < -0.39 is 0 Å². The van der Waals surface area contributed by atoms with Crippen molar-refractivity contribution in [1.29, 1.82) is 0 Å². The van der Waals surface area contributed by atoms with Gasteiger partial charge < -0.3 is 9.84 Å². The first-order valence-electron chi connectivity index (χ1n) is 6.32. The summed E-state index contributed by atoms with van der Waals surface area (Å²) < 4.78 is 5.50. The first-order chi connectivity index (χ1) is 8.11. The van der Waals surface area contributed by atoms with Gasteiger partial charge in [0.1, 0.15) is 6.10 Å². The van der Waals surface area contributed by atoms with Crippen LogP contribution in [0.5, 0.6) is 0 Å². The van der Waals surface area contributed by atoms with Crippen molar-refractivity contribution >= 4 is 5.97 Å². The summed E-state index contributed by atoms with van der Waals surface area (Å²) in [5.41, 5.74) is 0.954. The zero-order valence-corrected chi connectivity index (χ0v) is 10.6. The van der Waals surface area contributed by atoms with Crippen LogP contribution in [-0.4, -0.2) is 47.8 Å². The summed E-state index contributed by atoms with van der Waals surface area (Å²) in [7, 11) is 0. The molecule has 0 unspecified atom stereocenters. The average molecular weight is 239 g/mol. The lowest BCUT2D eigenvalue weighted by molar-refractivity contribution is -0.144. The van der Waals surface area contributed by atoms with Crippen LogP contribution in [0.15, 0.2) is 11.6 Å². The molecule has 4 heteroatoms. The minimum Gasteiger partial charge on any atom is -0.457 e. The van der Waals surface area contributed by atoms with Gasteiger partial charge in [-0.05, 0) is 33.2 Å². The lowest BCUT2D eigenvalue weighted by atomic mass is 9.97. The van der Waals surface area contributed by atoms with E-state index in [0.717, 1.165) is 31.5 Å². The summed E-state index contributed by atoms with van der Waals surface area (Å²) >= 11 is 0. The SMILES string of the molecule is CC(C)=CC(=O)O[C@@H]1CCN2CC[C@@H](CO)[C@H]12. The molecule has 2 saturated heterocycles. The fourth-order valence-electron chi connectivity index (χ4n) is 2.96. The molecule has 2 aliphatic rings. The third-order valence-corrected chi connectivity index (χ3v) is 3.68. The van der Waals surface area contributed by atoms with Crippen molar-refractivity contribution in [2.24, 2.45) is 5.92 Å². The molecular weight excluding hydrogens is 218 g/mol. The van der Waals surface area contributed by atoms with Crippen molar-refractivity contribution < 1.29 is 14.6 Å². The molecular formula is C13H21NO3. The zero-order valence-electron chi connectivity index (χ0n) is 10.6. The van der Waals surface area contributed by atoms with E-state index in [1.165, 1.54) is 6.08 Å². The summed E-state index contributed by atoms with van der Waals surface area (Å²) in [4.78, 5) is 13.9. The lowest BCUT2D eigenvalue weighted by Crippen LogP contribution is -2.37. The van der Waals surface area contributed by atoms with Crippen molar-refractivity contribution in [2.75, 3.05) is 19.7 Å². The smallest absolute Gasteiger partial charge is 0.331 e. The van der Waals surface area contributed by atoms with E-state index in [-0.39, 0.29) is 30.6 Å². The van der Waals surface area contributed by atoms with Crippen molar-refractivity contribution in [3.63, 3.8) is 0 Å². The van der Waals surface area contributed by atoms with Crippen molar-refractivity contribution in [3.8, 4) is 0 Å². The van der Waals surface area contributed by atoms with Gasteiger partial charge in [0.05, 0.1) is 6.04 Å². The molecule has 0 amide bonds. The van der Waals surface area contributed by atoms with E-state index in [1.54, 1.807) is 0 Å². The summed E-state index contributed by atoms with van der Waals surface area (Å²) in [5.74, 6) is 0.0162. The van der Waals surface area contributed by atoms with Gasteiger partial charge in [0.15, 0.2) is 0 Å². The minimum absolute atomic E-state index is 0.0438. The number of allylic oxidation sites excluding steroid dienone is 1. The predicted molar refractivity (Wildman–Crippen MR) is 64.5 cm³/mol. The largest absolute Gasteiger partial charge is 0.457 e. The molecule has 0 aliphatic carbocycles. The molecule has 96 valence electrons. The minimum atomic E-state index is -0.250. The predicted octanol–water partition coefficient (Wildman–Crippen LogP) is 0.951. The summed E-state index contributed by atoms with van der Waals surface area (Å²) in [5, 5.41) is 9.33. The van der Waals surface area contributed by atoms with Gasteiger partial charge >= 0.3 is 5.97 Å². The fraction of sp³-hybridized carbons (Fsp3) is 0.769. The van der Waals surface area contributed by atoms with Gasteiger partial charge in [0, 0.05) is 25.1 Å². The van der Waals surface area contributed by atoms with Crippen LogP contribution in [0.3, 0.4) is 0 Å². The molecule has 0 radical (unpaired) electrons. The average Bonchev–Trinajstić information content (AvgIpc) is 2.79. The van der Waals surface area contributed by atoms with Gasteiger partial charge in [0.25, 0.3) is 0 Å². The topological polar surface area (TPSA) is 49.8 Å². The Morgan fingerprint density at radius 2 is 2.12 bits per heavy atom. The van der Waals surface area contributed by atoms with Crippen LogP contribution in [0.2, 0.25) is 0 Å². The van der Waals surface area contributed by atoms with Crippen molar-refractivity contribution in [2.45, 2.75) is 38.8 Å². The van der Waals surface area contributed by atoms with Crippen LogP contribution < -0.4 is 0 Å². The Hall–Kier alpha value is -0.870. The van der Waals surface area contributed by atoms with Crippen molar-refractivity contribution in [3.05, 3.63) is 11.6 Å². The molecule has 0 aromatic heterocycles. The summed E-state index contributed by atoms with van der Waals surface area (Å²) in [6, 6.07) is 0.231. The number of nitrogens with zero attached hydrogens (tertiary/aromatic N) is 1. The maximum absolute atomic E-state index is 11.6. The fourth-order valence-corrected chi connectivity index (χ4v) is 2.96. The molecule has 2 fully saturated rings. The molecule has 0 bridgehead atoms. The Morgan fingerprint density at radius 3 is 2.76 bits per heavy atom. The Bertz CT molecular complexity index is 323. The number of hydrogen-bond donors (Lipinski definition) is 1. The normalized spacial score (nSPS) is 32.3. The first kappa shape index (κ1) is 12.6. The zero-order chi connectivity index (χ0) is 12.4. The molecule has 0 spiro atoms. The van der Waals surface area contributed by atoms with Gasteiger partial charge in [-0.3, -0.25) is 4.90 Å². The van der Waals surface area contributed by atoms with E-state index >= 15 is 0 Å². The van der Waals surface area contributed by atoms with Crippen LogP contribution >= 0.6 is 0 Å². The number of hydrogen-bond acceptors (Lipinski definition) is 4. The molecule has 0 aromatic carbocycles. The van der Waals surface area contributed by atoms with Crippen LogP contribution in [0.25, 0.3) is 0 Å². The molecule has 1 N–H and O–H groups in total. The maximum atomic E-state index is 11.6. The highest BCUT2D eigenvalue weighted by atomic mass is 16.5. The van der Waals surface area contributed by atoms with Gasteiger partial charge in [0.2, 0.25) is 0 Å². The molecule has 4 nitrogen and oxygen atoms in total. The monoisotopic (exact) mass is 239 g/mol. The molecule has 0 saturated carbocycles. The van der Waals surface area contributed by atoms with E-state index in [9.17, 15) is 9.90 Å². The number of aliphatic hydroxyl groups is 1. The van der Waals surface area contributed by atoms with Gasteiger partial charge in [-0.15, -0.1) is 0 Å². The molecule has 3 atom stereocenters. The highest BCUT2D eigenvalue weighted by Crippen LogP contribution is 2.34. The number of aliphatic hydroxyl groups excluding tert-OH is 1. The van der Waals surface area contributed by atoms with Crippen LogP contribution in [0.4, 0.5) is 0 Å². The van der Waals surface area contributed by atoms with Crippen LogP contribution in [0, 0.1) is 5.92 Å². The van der Waals surface area contributed by atoms with E-state index in [4.69, 9.17) is 4.74 Å². The lowest BCUT2D eigenvalue weighted by Gasteiger charge is -2.24. The number of carbonyl (C=O) groups excluding carboxylic acids is 1. The van der Waals surface area contributed by atoms with Gasteiger partial charge in [-0.25, -0.2) is 4.79 Å². The molecule has 0 aromatic rings. The van der Waals surface area contributed by atoms with E-state index in [1.807, 2.05) is 13.8 Å². The summed E-state index contributed by atoms with van der Waals surface area (Å²) in [6.45, 7) is 5.96. The van der Waals surface area contributed by atoms with E-state index in [2.05, 4.69) is 4.90 Å². The first-order valence-corrected chi connectivity index (χ1v) is 6.32. The number of carbonyl (C=O) groups is 1. The summed E-state index contributed by atoms with van der Waals surface area (Å²) in [6.07, 6.45) is 3.39. The second-order valence-corrected chi connectivity index (χ2v) is 5.24.